The third-order valence-electron chi connectivity index (χ3n) is 3.82. The Morgan fingerprint density at radius 2 is 1.75 bits per heavy atom. The summed E-state index contributed by atoms with van der Waals surface area (Å²) in [5.41, 5.74) is 3.88. The molecule has 0 radical (unpaired) electrons. The molecule has 0 atom stereocenters. The number of benzene rings is 2. The van der Waals surface area contributed by atoms with Crippen molar-refractivity contribution >= 4 is 5.97 Å². The third kappa shape index (κ3) is 3.38. The molecule has 4 nitrogen and oxygen atoms in total. The second kappa shape index (κ2) is 6.71. The van der Waals surface area contributed by atoms with Crippen molar-refractivity contribution < 1.29 is 9.90 Å². The molecule has 3 aromatic rings. The lowest BCUT2D eigenvalue weighted by Crippen LogP contribution is -2.02. The standard InChI is InChI=1S/C20H20N2O2/c1-14(2)12-15-8-10-16(11-9-15)19-13-18(20(23)24)21-22(19)17-6-4-3-5-7-17/h3-11,13-14H,12H2,1-2H3,(H,23,24). The van der Waals surface area contributed by atoms with Crippen molar-refractivity contribution in [2.75, 3.05) is 0 Å². The molecule has 0 fully saturated rings. The first-order valence-corrected chi connectivity index (χ1v) is 8.02. The van der Waals surface area contributed by atoms with Crippen LogP contribution in [0.4, 0.5) is 0 Å². The first-order chi connectivity index (χ1) is 11.5. The van der Waals surface area contributed by atoms with E-state index in [1.807, 2.05) is 42.5 Å². The molecule has 0 bridgehead atoms. The normalized spacial score (nSPS) is 11.0. The summed E-state index contributed by atoms with van der Waals surface area (Å²) in [5, 5.41) is 13.5. The molecular formula is C20H20N2O2. The highest BCUT2D eigenvalue weighted by Crippen LogP contribution is 2.25. The van der Waals surface area contributed by atoms with Crippen molar-refractivity contribution in [3.63, 3.8) is 0 Å². The van der Waals surface area contributed by atoms with Crippen LogP contribution in [0.5, 0.6) is 0 Å². The SMILES string of the molecule is CC(C)Cc1ccc(-c2cc(C(=O)O)nn2-c2ccccc2)cc1. The molecule has 0 aliphatic heterocycles. The predicted molar refractivity (Wildman–Crippen MR) is 94.5 cm³/mol. The summed E-state index contributed by atoms with van der Waals surface area (Å²) in [6, 6.07) is 19.4. The van der Waals surface area contributed by atoms with E-state index in [0.29, 0.717) is 5.92 Å². The zero-order valence-electron chi connectivity index (χ0n) is 13.8. The molecule has 0 amide bonds. The molecule has 0 unspecified atom stereocenters. The van der Waals surface area contributed by atoms with Gasteiger partial charge in [0.25, 0.3) is 0 Å². The Morgan fingerprint density at radius 1 is 1.08 bits per heavy atom. The maximum Gasteiger partial charge on any atom is 0.356 e. The van der Waals surface area contributed by atoms with Crippen LogP contribution in [-0.4, -0.2) is 20.9 Å². The van der Waals surface area contributed by atoms with Gasteiger partial charge in [-0.15, -0.1) is 0 Å². The van der Waals surface area contributed by atoms with Gasteiger partial charge >= 0.3 is 5.97 Å². The molecule has 24 heavy (non-hydrogen) atoms. The minimum Gasteiger partial charge on any atom is -0.476 e. The molecule has 0 aliphatic rings. The number of carboxylic acids is 1. The van der Waals surface area contributed by atoms with Gasteiger partial charge in [0.15, 0.2) is 5.69 Å². The van der Waals surface area contributed by atoms with Crippen LogP contribution in [0, 0.1) is 5.92 Å². The van der Waals surface area contributed by atoms with Crippen LogP contribution in [0.1, 0.15) is 29.9 Å². The largest absolute Gasteiger partial charge is 0.476 e. The number of hydrogen-bond donors (Lipinski definition) is 1. The van der Waals surface area contributed by atoms with E-state index in [1.54, 1.807) is 10.7 Å². The second-order valence-corrected chi connectivity index (χ2v) is 6.26. The number of rotatable bonds is 5. The van der Waals surface area contributed by atoms with Crippen LogP contribution >= 0.6 is 0 Å². The average molecular weight is 320 g/mol. The van der Waals surface area contributed by atoms with Crippen molar-refractivity contribution in [1.82, 2.24) is 9.78 Å². The molecule has 0 saturated heterocycles. The van der Waals surface area contributed by atoms with Gasteiger partial charge in [0.1, 0.15) is 0 Å². The zero-order chi connectivity index (χ0) is 17.1. The minimum absolute atomic E-state index is 0.0418. The molecule has 122 valence electrons. The van der Waals surface area contributed by atoms with Gasteiger partial charge in [0.2, 0.25) is 0 Å². The fraction of sp³-hybridized carbons (Fsp3) is 0.200. The van der Waals surface area contributed by atoms with Crippen LogP contribution in [-0.2, 0) is 6.42 Å². The maximum atomic E-state index is 11.3. The number of carbonyl (C=O) groups is 1. The fourth-order valence-electron chi connectivity index (χ4n) is 2.74. The van der Waals surface area contributed by atoms with Gasteiger partial charge in [-0.05, 0) is 36.1 Å². The number of aromatic carboxylic acids is 1. The molecular weight excluding hydrogens is 300 g/mol. The van der Waals surface area contributed by atoms with E-state index in [2.05, 4.69) is 31.1 Å². The van der Waals surface area contributed by atoms with Crippen molar-refractivity contribution in [2.45, 2.75) is 20.3 Å². The molecule has 1 aromatic heterocycles. The van der Waals surface area contributed by atoms with Crippen molar-refractivity contribution in [3.05, 3.63) is 71.9 Å². The summed E-state index contributed by atoms with van der Waals surface area (Å²) in [6.07, 6.45) is 1.03. The highest BCUT2D eigenvalue weighted by Gasteiger charge is 2.15. The Balaban J connectivity index is 2.05. The lowest BCUT2D eigenvalue weighted by molar-refractivity contribution is 0.0690. The van der Waals surface area contributed by atoms with E-state index in [0.717, 1.165) is 23.4 Å². The highest BCUT2D eigenvalue weighted by molar-refractivity contribution is 5.87. The van der Waals surface area contributed by atoms with Crippen molar-refractivity contribution in [3.8, 4) is 16.9 Å². The van der Waals surface area contributed by atoms with Gasteiger partial charge in [-0.1, -0.05) is 56.3 Å². The summed E-state index contributed by atoms with van der Waals surface area (Å²) < 4.78 is 1.68. The zero-order valence-corrected chi connectivity index (χ0v) is 13.8. The van der Waals surface area contributed by atoms with Gasteiger partial charge in [0, 0.05) is 5.56 Å². The van der Waals surface area contributed by atoms with Crippen LogP contribution in [0.25, 0.3) is 16.9 Å². The summed E-state index contributed by atoms with van der Waals surface area (Å²) in [4.78, 5) is 11.3. The van der Waals surface area contributed by atoms with Crippen LogP contribution in [0.15, 0.2) is 60.7 Å². The van der Waals surface area contributed by atoms with Gasteiger partial charge in [-0.3, -0.25) is 0 Å². The molecule has 0 saturated carbocycles. The lowest BCUT2D eigenvalue weighted by atomic mass is 10.0. The molecule has 1 N–H and O–H groups in total. The molecule has 3 rings (SSSR count). The van der Waals surface area contributed by atoms with Crippen molar-refractivity contribution in [1.29, 1.82) is 0 Å². The molecule has 0 aliphatic carbocycles. The van der Waals surface area contributed by atoms with Crippen LogP contribution < -0.4 is 0 Å². The number of carboxylic acid groups (broad SMARTS) is 1. The number of hydrogen-bond acceptors (Lipinski definition) is 2. The Bertz CT molecular complexity index is 834. The molecule has 0 spiro atoms. The highest BCUT2D eigenvalue weighted by atomic mass is 16.4. The summed E-state index contributed by atoms with van der Waals surface area (Å²) in [7, 11) is 0. The number of aromatic nitrogens is 2. The summed E-state index contributed by atoms with van der Waals surface area (Å²) >= 11 is 0. The van der Waals surface area contributed by atoms with E-state index < -0.39 is 5.97 Å². The predicted octanol–water partition coefficient (Wildman–Crippen LogP) is 4.44. The molecule has 2 aromatic carbocycles. The number of nitrogens with zero attached hydrogens (tertiary/aromatic N) is 2. The summed E-state index contributed by atoms with van der Waals surface area (Å²) in [6.45, 7) is 4.38. The topological polar surface area (TPSA) is 55.1 Å². The van der Waals surface area contributed by atoms with E-state index in [-0.39, 0.29) is 5.69 Å². The minimum atomic E-state index is -1.03. The van der Waals surface area contributed by atoms with E-state index in [9.17, 15) is 9.90 Å². The molecule has 1 heterocycles. The lowest BCUT2D eigenvalue weighted by Gasteiger charge is -2.09. The third-order valence-corrected chi connectivity index (χ3v) is 3.82. The smallest absolute Gasteiger partial charge is 0.356 e. The van der Waals surface area contributed by atoms with Crippen LogP contribution in [0.3, 0.4) is 0 Å². The summed E-state index contributed by atoms with van der Waals surface area (Å²) in [5.74, 6) is -0.424. The first-order valence-electron chi connectivity index (χ1n) is 8.02. The van der Waals surface area contributed by atoms with E-state index >= 15 is 0 Å². The van der Waals surface area contributed by atoms with Gasteiger partial charge in [0.05, 0.1) is 11.4 Å². The van der Waals surface area contributed by atoms with Gasteiger partial charge in [-0.25, -0.2) is 9.48 Å². The second-order valence-electron chi connectivity index (χ2n) is 6.26. The first kappa shape index (κ1) is 16.0. The van der Waals surface area contributed by atoms with Crippen LogP contribution in [0.2, 0.25) is 0 Å². The van der Waals surface area contributed by atoms with Crippen molar-refractivity contribution in [2.24, 2.45) is 5.92 Å². The Hall–Kier alpha value is -2.88. The number of para-hydroxylation sites is 1. The van der Waals surface area contributed by atoms with Gasteiger partial charge in [-0.2, -0.15) is 5.10 Å². The van der Waals surface area contributed by atoms with Gasteiger partial charge < -0.3 is 5.11 Å². The fourth-order valence-corrected chi connectivity index (χ4v) is 2.74. The Labute approximate surface area is 141 Å². The quantitative estimate of drug-likeness (QED) is 0.756. The Morgan fingerprint density at radius 3 is 2.33 bits per heavy atom. The van der Waals surface area contributed by atoms with E-state index in [4.69, 9.17) is 0 Å². The molecule has 4 heteroatoms. The Kier molecular flexibility index (Phi) is 4.47. The average Bonchev–Trinajstić information content (AvgIpc) is 3.01. The van der Waals surface area contributed by atoms with E-state index in [1.165, 1.54) is 5.56 Å². The monoisotopic (exact) mass is 320 g/mol. The maximum absolute atomic E-state index is 11.3.